The molecule has 0 aliphatic carbocycles. The molecule has 3 rings (SSSR count). The number of pyridine rings is 1. The maximum atomic E-state index is 11.4. The van der Waals surface area contributed by atoms with Crippen molar-refractivity contribution in [3.63, 3.8) is 0 Å². The van der Waals surface area contributed by atoms with Crippen LogP contribution in [0, 0.1) is 0 Å². The topological polar surface area (TPSA) is 65.5 Å². The Bertz CT molecular complexity index is 627. The van der Waals surface area contributed by atoms with Crippen LogP contribution in [-0.2, 0) is 0 Å². The summed E-state index contributed by atoms with van der Waals surface area (Å²) in [5.41, 5.74) is 1.05. The summed E-state index contributed by atoms with van der Waals surface area (Å²) >= 11 is 0. The van der Waals surface area contributed by atoms with Gasteiger partial charge >= 0.3 is 5.97 Å². The largest absolute Gasteiger partial charge is 0.478 e. The lowest BCUT2D eigenvalue weighted by atomic mass is 10.1. The maximum absolute atomic E-state index is 11.4. The number of fused-ring (bicyclic) bond motifs is 1. The number of nitrogens with one attached hydrogen (secondary N) is 1. The summed E-state index contributed by atoms with van der Waals surface area (Å²) in [6.45, 7) is 3.50. The summed E-state index contributed by atoms with van der Waals surface area (Å²) in [6, 6.07) is 9.04. The minimum absolute atomic E-state index is 0. The highest BCUT2D eigenvalue weighted by molar-refractivity contribution is 6.03. The van der Waals surface area contributed by atoms with Gasteiger partial charge in [-0.2, -0.15) is 0 Å². The van der Waals surface area contributed by atoms with E-state index in [1.54, 1.807) is 12.1 Å². The summed E-state index contributed by atoms with van der Waals surface area (Å²) in [7, 11) is 0. The molecule has 6 heteroatoms. The predicted molar refractivity (Wildman–Crippen MR) is 81.0 cm³/mol. The van der Waals surface area contributed by atoms with Crippen LogP contribution in [0.15, 0.2) is 30.3 Å². The number of hydrogen-bond donors (Lipinski definition) is 2. The summed E-state index contributed by atoms with van der Waals surface area (Å²) in [4.78, 5) is 18.1. The molecule has 1 aromatic carbocycles. The molecule has 1 saturated heterocycles. The van der Waals surface area contributed by atoms with E-state index in [0.29, 0.717) is 10.9 Å². The van der Waals surface area contributed by atoms with Gasteiger partial charge in [-0.25, -0.2) is 9.78 Å². The summed E-state index contributed by atoms with van der Waals surface area (Å²) in [5.74, 6) is -0.160. The molecule has 0 radical (unpaired) electrons. The number of carboxylic acid groups (broad SMARTS) is 1. The van der Waals surface area contributed by atoms with Crippen LogP contribution in [0.1, 0.15) is 10.4 Å². The first-order chi connectivity index (χ1) is 9.25. The van der Waals surface area contributed by atoms with Crippen LogP contribution in [0.4, 0.5) is 5.82 Å². The molecule has 0 amide bonds. The lowest BCUT2D eigenvalue weighted by Gasteiger charge is -2.28. The molecule has 0 saturated carbocycles. The number of aromatic carboxylic acids is 1. The van der Waals surface area contributed by atoms with Gasteiger partial charge in [-0.05, 0) is 12.1 Å². The molecule has 20 heavy (non-hydrogen) atoms. The molecule has 1 fully saturated rings. The Hall–Kier alpha value is -1.85. The van der Waals surface area contributed by atoms with E-state index >= 15 is 0 Å². The molecule has 1 aromatic heterocycles. The molecular weight excluding hydrogens is 278 g/mol. The third-order valence-corrected chi connectivity index (χ3v) is 3.37. The van der Waals surface area contributed by atoms with E-state index in [-0.39, 0.29) is 12.4 Å². The molecule has 0 spiro atoms. The number of carbonyl (C=O) groups is 1. The monoisotopic (exact) mass is 293 g/mol. The third kappa shape index (κ3) is 2.69. The lowest BCUT2D eigenvalue weighted by Crippen LogP contribution is -2.44. The number of hydrogen-bond acceptors (Lipinski definition) is 4. The van der Waals surface area contributed by atoms with Gasteiger partial charge < -0.3 is 15.3 Å². The molecule has 0 unspecified atom stereocenters. The molecule has 1 aliphatic rings. The average molecular weight is 294 g/mol. The van der Waals surface area contributed by atoms with E-state index in [0.717, 1.165) is 37.5 Å². The molecule has 106 valence electrons. The second-order valence-corrected chi connectivity index (χ2v) is 4.59. The van der Waals surface area contributed by atoms with Crippen LogP contribution in [0.25, 0.3) is 10.9 Å². The molecule has 2 N–H and O–H groups in total. The highest BCUT2D eigenvalue weighted by Crippen LogP contribution is 2.23. The molecule has 0 bridgehead atoms. The number of rotatable bonds is 2. The number of carboxylic acids is 1. The zero-order valence-electron chi connectivity index (χ0n) is 10.9. The minimum atomic E-state index is -0.907. The molecule has 0 atom stereocenters. The van der Waals surface area contributed by atoms with E-state index < -0.39 is 5.97 Å². The average Bonchev–Trinajstić information content (AvgIpc) is 2.47. The van der Waals surface area contributed by atoms with Gasteiger partial charge in [0.1, 0.15) is 5.82 Å². The van der Waals surface area contributed by atoms with E-state index in [1.807, 2.05) is 18.2 Å². The normalized spacial score (nSPS) is 14.9. The highest BCUT2D eigenvalue weighted by atomic mass is 35.5. The van der Waals surface area contributed by atoms with Gasteiger partial charge in [-0.3, -0.25) is 0 Å². The summed E-state index contributed by atoms with van der Waals surface area (Å²) < 4.78 is 0. The zero-order valence-corrected chi connectivity index (χ0v) is 11.7. The summed E-state index contributed by atoms with van der Waals surface area (Å²) in [6.07, 6.45) is 0. The van der Waals surface area contributed by atoms with Crippen molar-refractivity contribution < 1.29 is 9.90 Å². The zero-order chi connectivity index (χ0) is 13.2. The van der Waals surface area contributed by atoms with Crippen LogP contribution < -0.4 is 10.2 Å². The van der Waals surface area contributed by atoms with Gasteiger partial charge in [0, 0.05) is 31.6 Å². The van der Waals surface area contributed by atoms with Crippen molar-refractivity contribution in [2.75, 3.05) is 31.1 Å². The van der Waals surface area contributed by atoms with Crippen LogP contribution in [-0.4, -0.2) is 42.2 Å². The lowest BCUT2D eigenvalue weighted by molar-refractivity contribution is 0.0699. The standard InChI is InChI=1S/C14H15N3O2.ClH/c18-14(19)11-9-13(17-7-5-15-6-8-17)16-12-4-2-1-3-10(11)12;/h1-4,9,15H,5-8H2,(H,18,19);1H. The highest BCUT2D eigenvalue weighted by Gasteiger charge is 2.16. The fraction of sp³-hybridized carbons (Fsp3) is 0.286. The Balaban J connectivity index is 0.00000147. The number of benzene rings is 1. The van der Waals surface area contributed by atoms with Crippen molar-refractivity contribution in [3.05, 3.63) is 35.9 Å². The Morgan fingerprint density at radius 1 is 1.25 bits per heavy atom. The third-order valence-electron chi connectivity index (χ3n) is 3.37. The second kappa shape index (κ2) is 6.07. The minimum Gasteiger partial charge on any atom is -0.478 e. The molecular formula is C14H16ClN3O2. The van der Waals surface area contributed by atoms with Crippen molar-refractivity contribution in [2.45, 2.75) is 0 Å². The number of para-hydroxylation sites is 1. The summed E-state index contributed by atoms with van der Waals surface area (Å²) in [5, 5.41) is 13.3. The molecule has 2 heterocycles. The number of halogens is 1. The van der Waals surface area contributed by atoms with E-state index in [4.69, 9.17) is 0 Å². The Kier molecular flexibility index (Phi) is 4.42. The SMILES string of the molecule is Cl.O=C(O)c1cc(N2CCNCC2)nc2ccccc12. The van der Waals surface area contributed by atoms with Crippen molar-refractivity contribution >= 4 is 35.1 Å². The quantitative estimate of drug-likeness (QED) is 0.883. The van der Waals surface area contributed by atoms with Crippen molar-refractivity contribution in [3.8, 4) is 0 Å². The number of nitrogens with zero attached hydrogens (tertiary/aromatic N) is 2. The van der Waals surface area contributed by atoms with Crippen LogP contribution in [0.2, 0.25) is 0 Å². The first kappa shape index (κ1) is 14.6. The van der Waals surface area contributed by atoms with Gasteiger partial charge in [0.2, 0.25) is 0 Å². The number of anilines is 1. The Morgan fingerprint density at radius 3 is 2.65 bits per heavy atom. The van der Waals surface area contributed by atoms with Crippen LogP contribution in [0.3, 0.4) is 0 Å². The molecule has 2 aromatic rings. The first-order valence-electron chi connectivity index (χ1n) is 6.34. The Morgan fingerprint density at radius 2 is 1.95 bits per heavy atom. The van der Waals surface area contributed by atoms with E-state index in [9.17, 15) is 9.90 Å². The second-order valence-electron chi connectivity index (χ2n) is 4.59. The fourth-order valence-electron chi connectivity index (χ4n) is 2.39. The van der Waals surface area contributed by atoms with Crippen LogP contribution >= 0.6 is 12.4 Å². The van der Waals surface area contributed by atoms with Crippen molar-refractivity contribution in [1.29, 1.82) is 0 Å². The first-order valence-corrected chi connectivity index (χ1v) is 6.34. The van der Waals surface area contributed by atoms with Gasteiger partial charge in [0.15, 0.2) is 0 Å². The number of piperazine rings is 1. The Labute approximate surface area is 123 Å². The van der Waals surface area contributed by atoms with Gasteiger partial charge in [-0.15, -0.1) is 12.4 Å². The van der Waals surface area contributed by atoms with Crippen LogP contribution in [0.5, 0.6) is 0 Å². The number of aromatic nitrogens is 1. The maximum Gasteiger partial charge on any atom is 0.336 e. The van der Waals surface area contributed by atoms with E-state index in [1.165, 1.54) is 0 Å². The van der Waals surface area contributed by atoms with Gasteiger partial charge in [-0.1, -0.05) is 18.2 Å². The van der Waals surface area contributed by atoms with Crippen molar-refractivity contribution in [1.82, 2.24) is 10.3 Å². The molecule has 5 nitrogen and oxygen atoms in total. The fourth-order valence-corrected chi connectivity index (χ4v) is 2.39. The van der Waals surface area contributed by atoms with Gasteiger partial charge in [0.05, 0.1) is 11.1 Å². The van der Waals surface area contributed by atoms with Gasteiger partial charge in [0.25, 0.3) is 0 Å². The van der Waals surface area contributed by atoms with Crippen molar-refractivity contribution in [2.24, 2.45) is 0 Å². The smallest absolute Gasteiger partial charge is 0.336 e. The molecule has 1 aliphatic heterocycles. The van der Waals surface area contributed by atoms with E-state index in [2.05, 4.69) is 15.2 Å². The predicted octanol–water partition coefficient (Wildman–Crippen LogP) is 1.76.